The lowest BCUT2D eigenvalue weighted by molar-refractivity contribution is 0.0818. The van der Waals surface area contributed by atoms with Crippen molar-refractivity contribution in [2.75, 3.05) is 27.7 Å². The minimum absolute atomic E-state index is 0.00518. The third-order valence-electron chi connectivity index (χ3n) is 4.55. The van der Waals surface area contributed by atoms with Gasteiger partial charge in [-0.25, -0.2) is 0 Å². The second-order valence-corrected chi connectivity index (χ2v) is 6.83. The fourth-order valence-corrected chi connectivity index (χ4v) is 2.63. The van der Waals surface area contributed by atoms with Gasteiger partial charge in [0, 0.05) is 24.0 Å². The van der Waals surface area contributed by atoms with Crippen LogP contribution in [0.15, 0.2) is 24.4 Å². The van der Waals surface area contributed by atoms with E-state index in [1.807, 2.05) is 35.9 Å². The SMILES string of the molecule is COc1ccc2c(c1)c(CCN(C)C)cn2C(=O)C(C)C(C)C. The molecule has 4 heteroatoms. The average molecular weight is 316 g/mol. The van der Waals surface area contributed by atoms with Crippen LogP contribution in [0.3, 0.4) is 0 Å². The number of aromatic nitrogens is 1. The minimum Gasteiger partial charge on any atom is -0.497 e. The number of carbonyl (C=O) groups is 1. The zero-order valence-corrected chi connectivity index (χ0v) is 15.1. The molecule has 1 heterocycles. The Hall–Kier alpha value is -1.81. The molecule has 23 heavy (non-hydrogen) atoms. The zero-order valence-electron chi connectivity index (χ0n) is 15.1. The van der Waals surface area contributed by atoms with Crippen LogP contribution in [0.2, 0.25) is 0 Å². The van der Waals surface area contributed by atoms with Gasteiger partial charge in [0.25, 0.3) is 0 Å². The van der Waals surface area contributed by atoms with Crippen molar-refractivity contribution in [1.82, 2.24) is 9.47 Å². The summed E-state index contributed by atoms with van der Waals surface area (Å²) >= 11 is 0. The van der Waals surface area contributed by atoms with Crippen LogP contribution in [-0.4, -0.2) is 43.1 Å². The molecule has 4 nitrogen and oxygen atoms in total. The molecule has 0 aliphatic carbocycles. The zero-order chi connectivity index (χ0) is 17.1. The normalized spacial score (nSPS) is 13.0. The predicted molar refractivity (Wildman–Crippen MR) is 95.4 cm³/mol. The maximum absolute atomic E-state index is 12.8. The van der Waals surface area contributed by atoms with E-state index < -0.39 is 0 Å². The Bertz CT molecular complexity index is 686. The van der Waals surface area contributed by atoms with E-state index in [1.54, 1.807) is 7.11 Å². The Morgan fingerprint density at radius 3 is 2.52 bits per heavy atom. The van der Waals surface area contributed by atoms with Gasteiger partial charge in [-0.2, -0.15) is 0 Å². The summed E-state index contributed by atoms with van der Waals surface area (Å²) in [6, 6.07) is 5.93. The van der Waals surface area contributed by atoms with E-state index in [4.69, 9.17) is 4.74 Å². The van der Waals surface area contributed by atoms with Gasteiger partial charge >= 0.3 is 0 Å². The number of methoxy groups -OCH3 is 1. The molecule has 0 bridgehead atoms. The van der Waals surface area contributed by atoms with Crippen molar-refractivity contribution in [3.8, 4) is 5.75 Å². The molecular formula is C19H28N2O2. The Morgan fingerprint density at radius 1 is 1.26 bits per heavy atom. The number of ether oxygens (including phenoxy) is 1. The van der Waals surface area contributed by atoms with Crippen molar-refractivity contribution in [2.45, 2.75) is 27.2 Å². The highest BCUT2D eigenvalue weighted by Crippen LogP contribution is 2.28. The summed E-state index contributed by atoms with van der Waals surface area (Å²) in [5, 5.41) is 1.11. The highest BCUT2D eigenvalue weighted by molar-refractivity contribution is 5.96. The number of likely N-dealkylation sites (N-methyl/N-ethyl adjacent to an activating group) is 1. The molecule has 0 spiro atoms. The lowest BCUT2D eigenvalue weighted by atomic mass is 9.97. The van der Waals surface area contributed by atoms with E-state index in [1.165, 1.54) is 5.56 Å². The van der Waals surface area contributed by atoms with Crippen molar-refractivity contribution in [3.05, 3.63) is 30.0 Å². The highest BCUT2D eigenvalue weighted by Gasteiger charge is 2.21. The van der Waals surface area contributed by atoms with Gasteiger partial charge in [0.2, 0.25) is 5.91 Å². The molecule has 0 saturated heterocycles. The summed E-state index contributed by atoms with van der Waals surface area (Å²) < 4.78 is 7.18. The van der Waals surface area contributed by atoms with E-state index in [-0.39, 0.29) is 11.8 Å². The van der Waals surface area contributed by atoms with Crippen molar-refractivity contribution in [2.24, 2.45) is 11.8 Å². The summed E-state index contributed by atoms with van der Waals surface area (Å²) in [5.74, 6) is 1.30. The number of hydrogen-bond donors (Lipinski definition) is 0. The van der Waals surface area contributed by atoms with Crippen molar-refractivity contribution < 1.29 is 9.53 Å². The first-order valence-electron chi connectivity index (χ1n) is 8.22. The smallest absolute Gasteiger partial charge is 0.234 e. The molecule has 0 radical (unpaired) electrons. The summed E-state index contributed by atoms with van der Waals surface area (Å²) in [6.45, 7) is 7.13. The number of nitrogens with zero attached hydrogens (tertiary/aromatic N) is 2. The third-order valence-corrected chi connectivity index (χ3v) is 4.55. The molecule has 0 fully saturated rings. The maximum Gasteiger partial charge on any atom is 0.234 e. The molecule has 2 aromatic rings. The van der Waals surface area contributed by atoms with Crippen LogP contribution in [0.1, 0.15) is 31.1 Å². The molecule has 1 unspecified atom stereocenters. The lowest BCUT2D eigenvalue weighted by Gasteiger charge is -2.15. The molecule has 0 aliphatic rings. The Labute approximate surface area is 139 Å². The van der Waals surface area contributed by atoms with Crippen molar-refractivity contribution >= 4 is 16.8 Å². The molecule has 0 aliphatic heterocycles. The summed E-state index contributed by atoms with van der Waals surface area (Å²) in [5.41, 5.74) is 2.16. The Morgan fingerprint density at radius 2 is 1.96 bits per heavy atom. The summed E-state index contributed by atoms with van der Waals surface area (Å²) in [7, 11) is 5.79. The van der Waals surface area contributed by atoms with Gasteiger partial charge in [0.1, 0.15) is 5.75 Å². The molecule has 126 valence electrons. The highest BCUT2D eigenvalue weighted by atomic mass is 16.5. The number of fused-ring (bicyclic) bond motifs is 1. The van der Waals surface area contributed by atoms with Crippen LogP contribution in [0.25, 0.3) is 10.9 Å². The van der Waals surface area contributed by atoms with Gasteiger partial charge in [-0.15, -0.1) is 0 Å². The van der Waals surface area contributed by atoms with Crippen LogP contribution in [-0.2, 0) is 6.42 Å². The maximum atomic E-state index is 12.8. The molecule has 1 aromatic heterocycles. The predicted octanol–water partition coefficient (Wildman–Crippen LogP) is 3.69. The van der Waals surface area contributed by atoms with E-state index in [2.05, 4.69) is 32.8 Å². The first-order chi connectivity index (χ1) is 10.8. The summed E-state index contributed by atoms with van der Waals surface area (Å²) in [4.78, 5) is 15.0. The number of carbonyl (C=O) groups excluding carboxylic acids is 1. The van der Waals surface area contributed by atoms with Crippen molar-refractivity contribution in [3.63, 3.8) is 0 Å². The minimum atomic E-state index is -0.00518. The monoisotopic (exact) mass is 316 g/mol. The largest absolute Gasteiger partial charge is 0.497 e. The van der Waals surface area contributed by atoms with Gasteiger partial charge in [-0.05, 0) is 50.2 Å². The Balaban J connectivity index is 2.50. The fourth-order valence-electron chi connectivity index (χ4n) is 2.63. The summed E-state index contributed by atoms with van der Waals surface area (Å²) in [6.07, 6.45) is 2.92. The molecule has 2 rings (SSSR count). The van der Waals surface area contributed by atoms with Crippen LogP contribution in [0.5, 0.6) is 5.75 Å². The second kappa shape index (κ2) is 7.18. The van der Waals surface area contributed by atoms with Crippen molar-refractivity contribution in [1.29, 1.82) is 0 Å². The van der Waals surface area contributed by atoms with Crippen LogP contribution in [0, 0.1) is 11.8 Å². The van der Waals surface area contributed by atoms with E-state index in [0.717, 1.165) is 29.6 Å². The standard InChI is InChI=1S/C19H28N2O2/c1-13(2)14(3)19(22)21-12-15(9-10-20(4)5)17-11-16(23-6)7-8-18(17)21/h7-8,11-14H,9-10H2,1-6H3. The topological polar surface area (TPSA) is 34.5 Å². The van der Waals surface area contributed by atoms with E-state index in [9.17, 15) is 4.79 Å². The first-order valence-corrected chi connectivity index (χ1v) is 8.22. The van der Waals surface area contributed by atoms with Crippen LogP contribution in [0.4, 0.5) is 0 Å². The van der Waals surface area contributed by atoms with Crippen LogP contribution < -0.4 is 4.74 Å². The Kier molecular flexibility index (Phi) is 5.47. The second-order valence-electron chi connectivity index (χ2n) is 6.83. The molecule has 0 N–H and O–H groups in total. The van der Waals surface area contributed by atoms with E-state index in [0.29, 0.717) is 5.92 Å². The molecular weight excluding hydrogens is 288 g/mol. The first kappa shape index (κ1) is 17.5. The molecule has 0 saturated carbocycles. The number of rotatable bonds is 6. The van der Waals surface area contributed by atoms with Gasteiger partial charge in [-0.1, -0.05) is 20.8 Å². The van der Waals surface area contributed by atoms with Gasteiger partial charge < -0.3 is 9.64 Å². The molecule has 1 aromatic carbocycles. The lowest BCUT2D eigenvalue weighted by Crippen LogP contribution is -2.22. The number of benzene rings is 1. The fraction of sp³-hybridized carbons (Fsp3) is 0.526. The van der Waals surface area contributed by atoms with Gasteiger partial charge in [-0.3, -0.25) is 9.36 Å². The molecule has 0 amide bonds. The average Bonchev–Trinajstić information content (AvgIpc) is 2.89. The van der Waals surface area contributed by atoms with E-state index >= 15 is 0 Å². The molecule has 1 atom stereocenters. The quantitative estimate of drug-likeness (QED) is 0.815. The van der Waals surface area contributed by atoms with Gasteiger partial charge in [0.15, 0.2) is 0 Å². The van der Waals surface area contributed by atoms with Crippen LogP contribution >= 0.6 is 0 Å². The third kappa shape index (κ3) is 3.75. The number of hydrogen-bond acceptors (Lipinski definition) is 3. The van der Waals surface area contributed by atoms with Gasteiger partial charge in [0.05, 0.1) is 12.6 Å².